The van der Waals surface area contributed by atoms with E-state index in [2.05, 4.69) is 38.5 Å². The van der Waals surface area contributed by atoms with E-state index < -0.39 is 0 Å². The van der Waals surface area contributed by atoms with Crippen molar-refractivity contribution in [3.63, 3.8) is 0 Å². The predicted octanol–water partition coefficient (Wildman–Crippen LogP) is 2.31. The molecule has 1 amide bonds. The third-order valence-electron chi connectivity index (χ3n) is 4.20. The Balaban J connectivity index is 1.66. The van der Waals surface area contributed by atoms with Gasteiger partial charge in [-0.3, -0.25) is 4.79 Å². The maximum atomic E-state index is 12.2. The van der Waals surface area contributed by atoms with Crippen LogP contribution in [0.15, 0.2) is 22.8 Å². The molecular formula is C13H16BrN3O. The molecule has 1 aliphatic heterocycles. The van der Waals surface area contributed by atoms with E-state index in [0.29, 0.717) is 17.3 Å². The van der Waals surface area contributed by atoms with Crippen LogP contribution < -0.4 is 10.6 Å². The van der Waals surface area contributed by atoms with Gasteiger partial charge in [-0.25, -0.2) is 4.98 Å². The molecule has 0 radical (unpaired) electrons. The van der Waals surface area contributed by atoms with E-state index in [1.807, 2.05) is 12.1 Å². The van der Waals surface area contributed by atoms with Gasteiger partial charge in [0.15, 0.2) is 0 Å². The van der Waals surface area contributed by atoms with E-state index in [-0.39, 0.29) is 11.9 Å². The molecule has 1 saturated carbocycles. The summed E-state index contributed by atoms with van der Waals surface area (Å²) in [5, 5.41) is 6.28. The normalized spacial score (nSPS) is 33.7. The summed E-state index contributed by atoms with van der Waals surface area (Å²) in [7, 11) is 0. The van der Waals surface area contributed by atoms with E-state index >= 15 is 0 Å². The van der Waals surface area contributed by atoms with Gasteiger partial charge < -0.3 is 10.6 Å². The minimum Gasteiger partial charge on any atom is -0.309 e. The zero-order chi connectivity index (χ0) is 12.8. The number of nitrogens with zero attached hydrogens (tertiary/aromatic N) is 1. The van der Waals surface area contributed by atoms with Crippen molar-refractivity contribution in [2.24, 2.45) is 5.41 Å². The summed E-state index contributed by atoms with van der Waals surface area (Å²) < 4.78 is 0.728. The second-order valence-electron chi connectivity index (χ2n) is 5.50. The maximum absolute atomic E-state index is 12.2. The summed E-state index contributed by atoms with van der Waals surface area (Å²) in [6, 6.07) is 5.94. The van der Waals surface area contributed by atoms with Gasteiger partial charge in [-0.15, -0.1) is 0 Å². The second-order valence-corrected chi connectivity index (χ2v) is 6.32. The molecule has 4 nitrogen and oxygen atoms in total. The smallest absolute Gasteiger partial charge is 0.242 e. The van der Waals surface area contributed by atoms with Crippen LogP contribution in [0.25, 0.3) is 0 Å². The van der Waals surface area contributed by atoms with Crippen molar-refractivity contribution in [2.75, 3.05) is 5.32 Å². The van der Waals surface area contributed by atoms with Crippen molar-refractivity contribution in [3.05, 3.63) is 22.8 Å². The molecule has 1 aromatic rings. The van der Waals surface area contributed by atoms with Gasteiger partial charge in [0.2, 0.25) is 5.91 Å². The first-order chi connectivity index (χ1) is 8.57. The molecule has 0 bridgehead atoms. The molecule has 2 aliphatic rings. The Morgan fingerprint density at radius 3 is 3.00 bits per heavy atom. The summed E-state index contributed by atoms with van der Waals surface area (Å²) in [5.74, 6) is 0.622. The largest absolute Gasteiger partial charge is 0.309 e. The third kappa shape index (κ3) is 2.06. The van der Waals surface area contributed by atoms with Crippen molar-refractivity contribution < 1.29 is 4.79 Å². The van der Waals surface area contributed by atoms with E-state index in [0.717, 1.165) is 11.0 Å². The van der Waals surface area contributed by atoms with Crippen LogP contribution in [0, 0.1) is 5.41 Å². The van der Waals surface area contributed by atoms with Crippen molar-refractivity contribution in [1.82, 2.24) is 10.3 Å². The highest BCUT2D eigenvalue weighted by atomic mass is 79.9. The Labute approximate surface area is 115 Å². The van der Waals surface area contributed by atoms with Crippen LogP contribution in [0.3, 0.4) is 0 Å². The van der Waals surface area contributed by atoms with Crippen molar-refractivity contribution in [1.29, 1.82) is 0 Å². The molecule has 2 fully saturated rings. The minimum atomic E-state index is -0.0803. The van der Waals surface area contributed by atoms with Gasteiger partial charge in [0.1, 0.15) is 10.4 Å². The zero-order valence-electron chi connectivity index (χ0n) is 10.2. The van der Waals surface area contributed by atoms with Gasteiger partial charge in [-0.05, 0) is 52.7 Å². The fraction of sp³-hybridized carbons (Fsp3) is 0.538. The third-order valence-corrected chi connectivity index (χ3v) is 4.64. The number of carbonyl (C=O) groups is 1. The average Bonchev–Trinajstić information content (AvgIpc) is 2.54. The number of fused-ring (bicyclic) bond motifs is 1. The molecule has 5 heteroatoms. The molecular weight excluding hydrogens is 294 g/mol. The van der Waals surface area contributed by atoms with Crippen LogP contribution in [-0.2, 0) is 4.79 Å². The predicted molar refractivity (Wildman–Crippen MR) is 73.2 cm³/mol. The molecule has 0 aromatic carbocycles. The van der Waals surface area contributed by atoms with E-state index in [9.17, 15) is 4.79 Å². The Kier molecular flexibility index (Phi) is 2.90. The highest BCUT2D eigenvalue weighted by molar-refractivity contribution is 9.10. The van der Waals surface area contributed by atoms with Crippen LogP contribution in [0.5, 0.6) is 0 Å². The van der Waals surface area contributed by atoms with Crippen molar-refractivity contribution >= 4 is 27.7 Å². The van der Waals surface area contributed by atoms with Crippen molar-refractivity contribution in [2.45, 2.75) is 38.3 Å². The summed E-state index contributed by atoms with van der Waals surface area (Å²) in [4.78, 5) is 16.4. The Hall–Kier alpha value is -0.940. The maximum Gasteiger partial charge on any atom is 0.242 e. The Morgan fingerprint density at radius 1 is 1.61 bits per heavy atom. The number of nitrogens with one attached hydrogen (secondary N) is 2. The molecule has 1 aromatic heterocycles. The van der Waals surface area contributed by atoms with Gasteiger partial charge in [-0.2, -0.15) is 0 Å². The van der Waals surface area contributed by atoms with Gasteiger partial charge in [0.05, 0.1) is 6.04 Å². The number of amides is 1. The summed E-state index contributed by atoms with van der Waals surface area (Å²) in [6.07, 6.45) is 3.34. The number of anilines is 1. The van der Waals surface area contributed by atoms with Crippen LogP contribution in [-0.4, -0.2) is 23.0 Å². The molecule has 96 valence electrons. The molecule has 1 aliphatic carbocycles. The molecule has 2 heterocycles. The van der Waals surface area contributed by atoms with E-state index in [1.54, 1.807) is 6.07 Å². The lowest BCUT2D eigenvalue weighted by molar-refractivity contribution is -0.117. The number of rotatable bonds is 2. The number of hydrogen-bond donors (Lipinski definition) is 2. The lowest BCUT2D eigenvalue weighted by Crippen LogP contribution is -2.45. The average molecular weight is 310 g/mol. The first-order valence-electron chi connectivity index (χ1n) is 6.26. The molecule has 0 unspecified atom stereocenters. The Morgan fingerprint density at radius 2 is 2.44 bits per heavy atom. The first kappa shape index (κ1) is 12.1. The number of pyridine rings is 1. The molecule has 3 rings (SSSR count). The number of hydrogen-bond acceptors (Lipinski definition) is 3. The fourth-order valence-electron chi connectivity index (χ4n) is 2.94. The van der Waals surface area contributed by atoms with E-state index in [1.165, 1.54) is 12.8 Å². The van der Waals surface area contributed by atoms with Crippen LogP contribution in [0.1, 0.15) is 26.2 Å². The fourth-order valence-corrected chi connectivity index (χ4v) is 3.28. The molecule has 2 N–H and O–H groups in total. The lowest BCUT2D eigenvalue weighted by Gasteiger charge is -2.41. The molecule has 18 heavy (non-hydrogen) atoms. The Bertz CT molecular complexity index is 493. The standard InChI is InChI=1S/C13H16BrN3O/c1-13-6-5-9(13)15-8(7-13)12(18)17-11-4-2-3-10(14)16-11/h2-4,8-9,15H,5-7H2,1H3,(H,16,17,18)/t8-,9+,13+/m0/s1. The molecule has 3 atom stereocenters. The summed E-state index contributed by atoms with van der Waals surface area (Å²) in [6.45, 7) is 2.26. The van der Waals surface area contributed by atoms with Gasteiger partial charge in [0.25, 0.3) is 0 Å². The number of carbonyl (C=O) groups excluding carboxylic acids is 1. The highest BCUT2D eigenvalue weighted by Crippen LogP contribution is 2.48. The van der Waals surface area contributed by atoms with Crippen molar-refractivity contribution in [3.8, 4) is 0 Å². The number of aromatic nitrogens is 1. The zero-order valence-corrected chi connectivity index (χ0v) is 11.8. The number of halogens is 1. The summed E-state index contributed by atoms with van der Waals surface area (Å²) in [5.41, 5.74) is 0.326. The topological polar surface area (TPSA) is 54.0 Å². The van der Waals surface area contributed by atoms with Crippen LogP contribution in [0.4, 0.5) is 5.82 Å². The highest BCUT2D eigenvalue weighted by Gasteiger charge is 2.51. The first-order valence-corrected chi connectivity index (χ1v) is 7.06. The quantitative estimate of drug-likeness (QED) is 0.824. The second kappa shape index (κ2) is 4.31. The van der Waals surface area contributed by atoms with Gasteiger partial charge in [0, 0.05) is 6.04 Å². The lowest BCUT2D eigenvalue weighted by atomic mass is 9.66. The van der Waals surface area contributed by atoms with Gasteiger partial charge in [-0.1, -0.05) is 13.0 Å². The van der Waals surface area contributed by atoms with Crippen LogP contribution >= 0.6 is 15.9 Å². The minimum absolute atomic E-state index is 0.0243. The molecule has 1 saturated heterocycles. The monoisotopic (exact) mass is 309 g/mol. The SMILES string of the molecule is C[C@]12CC[C@H]1N[C@H](C(=O)Nc1cccc(Br)n1)C2. The van der Waals surface area contributed by atoms with Crippen LogP contribution in [0.2, 0.25) is 0 Å². The van der Waals surface area contributed by atoms with Gasteiger partial charge >= 0.3 is 0 Å². The molecule has 0 spiro atoms. The summed E-state index contributed by atoms with van der Waals surface area (Å²) >= 11 is 3.30. The van der Waals surface area contributed by atoms with E-state index in [4.69, 9.17) is 0 Å².